The molecule has 0 unspecified atom stereocenters. The zero-order valence-corrected chi connectivity index (χ0v) is 42.5. The van der Waals surface area contributed by atoms with E-state index in [0.717, 1.165) is 21.9 Å². The van der Waals surface area contributed by atoms with Crippen LogP contribution in [0, 0.1) is 24.7 Å². The van der Waals surface area contributed by atoms with Crippen molar-refractivity contribution in [3.63, 3.8) is 0 Å². The molecule has 0 atom stereocenters. The largest absolute Gasteiger partial charge is 1.00 e. The first-order chi connectivity index (χ1) is 33.2. The van der Waals surface area contributed by atoms with E-state index in [0.29, 0.717) is 0 Å². The van der Waals surface area contributed by atoms with Gasteiger partial charge in [-0.15, -0.1) is 23.3 Å². The molecular weight excluding hydrogens is 1060 g/mol. The molecular formula is C65H46Ag2P2+2. The predicted molar refractivity (Wildman–Crippen MR) is 296 cm³/mol. The topological polar surface area (TPSA) is 0 Å². The standard InChI is InChI=1S/C25H22P2.2C20H11.2Ag/c1-5-13-22(14-6-1)26(23-15-7-2-8-16-23)21-27(24-17-9-3-10-18-24)25-19-11-4-12-20-25;2*1-2-14-8-7-13-19-17-10-4-3-9-15(17)16-11-5-6-12-18(16)20(14)19;;/h1-20H,21H2;2*3-13H;;/q;2*-1;2*+1/p+2. The number of hydrogen-bond acceptors (Lipinski definition) is 0. The van der Waals surface area contributed by atoms with Crippen LogP contribution in [-0.2, 0) is 44.8 Å². The van der Waals surface area contributed by atoms with Crippen LogP contribution in [0.15, 0.2) is 255 Å². The van der Waals surface area contributed by atoms with Crippen LogP contribution in [0.3, 0.4) is 0 Å². The van der Waals surface area contributed by atoms with Gasteiger partial charge in [0, 0.05) is 0 Å². The third kappa shape index (κ3) is 10.3. The van der Waals surface area contributed by atoms with Crippen LogP contribution in [0.1, 0.15) is 11.1 Å². The normalized spacial score (nSPS) is 10.7. The van der Waals surface area contributed by atoms with Crippen molar-refractivity contribution in [1.29, 1.82) is 0 Å². The smallest absolute Gasteiger partial charge is 0.366 e. The Labute approximate surface area is 439 Å². The fraction of sp³-hybridized carbons (Fsp3) is 0.0154. The van der Waals surface area contributed by atoms with Crippen molar-refractivity contribution < 1.29 is 44.8 Å². The second kappa shape index (κ2) is 23.3. The molecule has 12 rings (SSSR count). The van der Waals surface area contributed by atoms with E-state index in [1.807, 2.05) is 24.3 Å². The molecule has 4 heteroatoms. The maximum atomic E-state index is 7.56. The van der Waals surface area contributed by atoms with E-state index in [-0.39, 0.29) is 44.8 Å². The van der Waals surface area contributed by atoms with Crippen LogP contribution in [0.4, 0.5) is 0 Å². The Morgan fingerprint density at radius 1 is 0.246 bits per heavy atom. The van der Waals surface area contributed by atoms with Crippen molar-refractivity contribution in [2.24, 2.45) is 0 Å². The summed E-state index contributed by atoms with van der Waals surface area (Å²) in [4.78, 5) is 0. The summed E-state index contributed by atoms with van der Waals surface area (Å²) in [5.74, 6) is 6.40. The minimum atomic E-state index is -0.847. The number of fused-ring (bicyclic) bond motifs is 12. The van der Waals surface area contributed by atoms with E-state index in [9.17, 15) is 0 Å². The van der Waals surface area contributed by atoms with Gasteiger partial charge in [-0.25, -0.2) is 0 Å². The molecule has 0 N–H and O–H groups in total. The van der Waals surface area contributed by atoms with E-state index in [2.05, 4.69) is 242 Å². The molecule has 0 bridgehead atoms. The van der Waals surface area contributed by atoms with Gasteiger partial charge in [-0.1, -0.05) is 205 Å². The molecule has 0 spiro atoms. The van der Waals surface area contributed by atoms with Crippen LogP contribution in [0.5, 0.6) is 0 Å². The minimum Gasteiger partial charge on any atom is -0.366 e. The van der Waals surface area contributed by atoms with Gasteiger partial charge in [0.15, 0.2) is 5.90 Å². The predicted octanol–water partition coefficient (Wildman–Crippen LogP) is 14.8. The van der Waals surface area contributed by atoms with Crippen molar-refractivity contribution in [3.8, 4) is 11.8 Å². The van der Waals surface area contributed by atoms with Crippen LogP contribution in [-0.4, -0.2) is 5.90 Å². The van der Waals surface area contributed by atoms with Gasteiger partial charge >= 0.3 is 44.8 Å². The minimum absolute atomic E-state index is 0. The second-order valence-electron chi connectivity index (χ2n) is 16.5. The first-order valence-electron chi connectivity index (χ1n) is 22.6. The summed E-state index contributed by atoms with van der Waals surface area (Å²) in [5, 5.41) is 20.5. The van der Waals surface area contributed by atoms with Gasteiger partial charge in [0.05, 0.1) is 0 Å². The van der Waals surface area contributed by atoms with Gasteiger partial charge in [-0.2, -0.15) is 0 Å². The first-order valence-corrected chi connectivity index (χ1v) is 26.1. The summed E-state index contributed by atoms with van der Waals surface area (Å²) in [5.41, 5.74) is 1.70. The van der Waals surface area contributed by atoms with Crippen molar-refractivity contribution >= 4 is 102 Å². The summed E-state index contributed by atoms with van der Waals surface area (Å²) < 4.78 is 0. The Hall–Kier alpha value is -6.34. The Bertz CT molecular complexity index is 3330. The molecule has 0 saturated carbocycles. The number of rotatable bonds is 6. The Morgan fingerprint density at radius 2 is 0.449 bits per heavy atom. The van der Waals surface area contributed by atoms with Crippen molar-refractivity contribution in [1.82, 2.24) is 0 Å². The van der Waals surface area contributed by atoms with Gasteiger partial charge < -0.3 is 12.8 Å². The fourth-order valence-electron chi connectivity index (χ4n) is 9.60. The van der Waals surface area contributed by atoms with E-state index < -0.39 is 15.8 Å². The molecule has 0 heterocycles. The third-order valence-corrected chi connectivity index (χ3v) is 19.6. The van der Waals surface area contributed by atoms with E-state index in [4.69, 9.17) is 12.8 Å². The Morgan fingerprint density at radius 3 is 0.696 bits per heavy atom. The molecule has 69 heavy (non-hydrogen) atoms. The fourth-order valence-corrected chi connectivity index (χ4v) is 17.3. The summed E-state index contributed by atoms with van der Waals surface area (Å²) in [6, 6.07) is 90.3. The second-order valence-corrected chi connectivity index (χ2v) is 22.1. The third-order valence-electron chi connectivity index (χ3n) is 12.6. The molecule has 12 aromatic rings. The molecule has 0 aliphatic heterocycles. The maximum absolute atomic E-state index is 7.56. The van der Waals surface area contributed by atoms with Gasteiger partial charge in [0.25, 0.3) is 0 Å². The van der Waals surface area contributed by atoms with Crippen LogP contribution >= 0.6 is 15.8 Å². The zero-order chi connectivity index (χ0) is 45.4. The zero-order valence-electron chi connectivity index (χ0n) is 37.6. The summed E-state index contributed by atoms with van der Waals surface area (Å²) in [7, 11) is -1.69. The molecule has 0 aliphatic rings. The number of benzene rings is 12. The molecule has 0 amide bonds. The van der Waals surface area contributed by atoms with Gasteiger partial charge in [-0.05, 0) is 102 Å². The summed E-state index contributed by atoms with van der Waals surface area (Å²) >= 11 is 0. The summed E-state index contributed by atoms with van der Waals surface area (Å²) in [6.45, 7) is 0. The van der Waals surface area contributed by atoms with Crippen molar-refractivity contribution in [3.05, 3.63) is 279 Å². The molecule has 0 aromatic heterocycles. The molecule has 12 aromatic carbocycles. The van der Waals surface area contributed by atoms with Crippen LogP contribution < -0.4 is 21.2 Å². The van der Waals surface area contributed by atoms with Gasteiger partial charge in [0.1, 0.15) is 37.1 Å². The van der Waals surface area contributed by atoms with E-state index in [1.165, 1.54) is 81.0 Å². The van der Waals surface area contributed by atoms with Gasteiger partial charge in [0.2, 0.25) is 0 Å². The van der Waals surface area contributed by atoms with Gasteiger partial charge in [-0.3, -0.25) is 11.8 Å². The SMILES string of the molecule is [Ag+].[Ag+].[C-]#Cc1cccc2c3ccccc3c3ccccc3c12.[C-]#Cc1cccc2c3ccccc3c3ccccc3c12.c1ccc([PH+](C[PH+](c2ccccc2)c2ccccc2)c2ccccc2)cc1. The first kappa shape index (κ1) is 49.1. The Kier molecular flexibility index (Phi) is 16.6. The van der Waals surface area contributed by atoms with Crippen molar-refractivity contribution in [2.75, 3.05) is 5.90 Å². The quantitative estimate of drug-likeness (QED) is 0.0512. The number of hydrogen-bond donors (Lipinski definition) is 0. The molecule has 0 fully saturated rings. The molecule has 0 nitrogen and oxygen atoms in total. The average Bonchev–Trinajstić information content (AvgIpc) is 3.42. The maximum Gasteiger partial charge on any atom is 1.00 e. The molecule has 0 saturated heterocycles. The average molecular weight is 1100 g/mol. The summed E-state index contributed by atoms with van der Waals surface area (Å²) in [6.07, 6.45) is 15.1. The van der Waals surface area contributed by atoms with Crippen molar-refractivity contribution in [2.45, 2.75) is 0 Å². The Balaban J connectivity index is 0.000000140. The monoisotopic (exact) mass is 1100 g/mol. The molecule has 0 aliphatic carbocycles. The molecule has 336 valence electrons. The molecule has 0 radical (unpaired) electrons. The van der Waals surface area contributed by atoms with Crippen LogP contribution in [0.25, 0.3) is 64.6 Å². The van der Waals surface area contributed by atoms with E-state index in [1.54, 1.807) is 0 Å². The van der Waals surface area contributed by atoms with Crippen LogP contribution in [0.2, 0.25) is 0 Å². The van der Waals surface area contributed by atoms with E-state index >= 15 is 0 Å².